The molecule has 0 aromatic heterocycles. The van der Waals surface area contributed by atoms with Crippen molar-refractivity contribution in [3.05, 3.63) is 28.8 Å². The van der Waals surface area contributed by atoms with Gasteiger partial charge < -0.3 is 10.4 Å². The molecule has 0 aliphatic rings. The minimum atomic E-state index is -0.516. The third kappa shape index (κ3) is 4.96. The van der Waals surface area contributed by atoms with E-state index in [1.807, 2.05) is 24.5 Å². The zero-order valence-corrected chi connectivity index (χ0v) is 14.4. The second kappa shape index (κ2) is 8.93. The first-order valence-electron chi connectivity index (χ1n) is 7.31. The Morgan fingerprint density at radius 2 is 2.05 bits per heavy atom. The molecule has 0 amide bonds. The summed E-state index contributed by atoms with van der Waals surface area (Å²) in [6.45, 7) is 6.44. The summed E-state index contributed by atoms with van der Waals surface area (Å²) in [5.74, 6) is 0. The second-order valence-corrected chi connectivity index (χ2v) is 6.47. The summed E-state index contributed by atoms with van der Waals surface area (Å²) in [6.07, 6.45) is 4.54. The van der Waals surface area contributed by atoms with Gasteiger partial charge in [0.2, 0.25) is 0 Å². The van der Waals surface area contributed by atoms with Gasteiger partial charge in [-0.3, -0.25) is 0 Å². The van der Waals surface area contributed by atoms with Crippen LogP contribution in [0, 0.1) is 0 Å². The third-order valence-electron chi connectivity index (χ3n) is 3.61. The van der Waals surface area contributed by atoms with Crippen molar-refractivity contribution in [1.82, 2.24) is 5.32 Å². The van der Waals surface area contributed by atoms with Crippen molar-refractivity contribution in [3.63, 3.8) is 0 Å². The van der Waals surface area contributed by atoms with E-state index in [2.05, 4.69) is 26.1 Å². The van der Waals surface area contributed by atoms with Gasteiger partial charge in [0.1, 0.15) is 0 Å². The molecule has 1 aromatic carbocycles. The Kier molecular flexibility index (Phi) is 7.96. The van der Waals surface area contributed by atoms with Gasteiger partial charge >= 0.3 is 0 Å². The summed E-state index contributed by atoms with van der Waals surface area (Å²) in [7, 11) is 0. The van der Waals surface area contributed by atoms with E-state index in [0.717, 1.165) is 29.7 Å². The monoisotopic (exact) mass is 315 g/mol. The lowest BCUT2D eigenvalue weighted by Gasteiger charge is -2.27. The van der Waals surface area contributed by atoms with E-state index in [4.69, 9.17) is 11.6 Å². The molecule has 3 atom stereocenters. The quantitative estimate of drug-likeness (QED) is 0.685. The number of rotatable bonds is 8. The molecule has 0 spiro atoms. The maximum atomic E-state index is 10.6. The Labute approximate surface area is 132 Å². The minimum Gasteiger partial charge on any atom is -0.387 e. The Morgan fingerprint density at radius 3 is 2.55 bits per heavy atom. The summed E-state index contributed by atoms with van der Waals surface area (Å²) >= 11 is 7.86. The van der Waals surface area contributed by atoms with Gasteiger partial charge in [-0.1, -0.05) is 37.9 Å². The number of hydrogen-bond donors (Lipinski definition) is 2. The molecule has 1 aromatic rings. The first-order valence-corrected chi connectivity index (χ1v) is 8.91. The highest BCUT2D eigenvalue weighted by Gasteiger charge is 2.21. The molecule has 0 saturated carbocycles. The van der Waals surface area contributed by atoms with Crippen LogP contribution in [0.5, 0.6) is 0 Å². The maximum absolute atomic E-state index is 10.6. The van der Waals surface area contributed by atoms with E-state index >= 15 is 0 Å². The van der Waals surface area contributed by atoms with Crippen LogP contribution in [-0.4, -0.2) is 23.4 Å². The highest BCUT2D eigenvalue weighted by molar-refractivity contribution is 7.98. The van der Waals surface area contributed by atoms with Gasteiger partial charge in [0, 0.05) is 17.0 Å². The average molecular weight is 316 g/mol. The molecule has 0 radical (unpaired) electrons. The summed E-state index contributed by atoms with van der Waals surface area (Å²) in [4.78, 5) is 1.05. The summed E-state index contributed by atoms with van der Waals surface area (Å²) in [5.41, 5.74) is 0.891. The highest BCUT2D eigenvalue weighted by Crippen LogP contribution is 2.30. The van der Waals surface area contributed by atoms with Crippen LogP contribution in [0.15, 0.2) is 23.1 Å². The normalized spacial score (nSPS) is 15.9. The Bertz CT molecular complexity index is 413. The number of aliphatic hydroxyl groups is 1. The van der Waals surface area contributed by atoms with Crippen molar-refractivity contribution in [2.75, 3.05) is 6.26 Å². The van der Waals surface area contributed by atoms with E-state index in [0.29, 0.717) is 11.1 Å². The SMILES string of the molecule is CCCC(NC(C)CC)C(O)c1ccc(SC)c(Cl)c1. The fourth-order valence-electron chi connectivity index (χ4n) is 2.23. The van der Waals surface area contributed by atoms with Crippen LogP contribution in [0.25, 0.3) is 0 Å². The first kappa shape index (κ1) is 17.8. The van der Waals surface area contributed by atoms with Crippen molar-refractivity contribution in [2.45, 2.75) is 63.1 Å². The van der Waals surface area contributed by atoms with E-state index in [1.54, 1.807) is 11.8 Å². The van der Waals surface area contributed by atoms with Crippen LogP contribution in [0.1, 0.15) is 51.7 Å². The zero-order chi connectivity index (χ0) is 15.1. The lowest BCUT2D eigenvalue weighted by atomic mass is 9.97. The molecule has 0 fully saturated rings. The lowest BCUT2D eigenvalue weighted by molar-refractivity contribution is 0.117. The van der Waals surface area contributed by atoms with Gasteiger partial charge in [0.15, 0.2) is 0 Å². The average Bonchev–Trinajstić information content (AvgIpc) is 2.45. The van der Waals surface area contributed by atoms with Crippen molar-refractivity contribution in [2.24, 2.45) is 0 Å². The number of benzene rings is 1. The van der Waals surface area contributed by atoms with Crippen LogP contribution in [0.3, 0.4) is 0 Å². The Hall–Kier alpha value is -0.220. The molecule has 2 N–H and O–H groups in total. The number of thioether (sulfide) groups is 1. The van der Waals surface area contributed by atoms with Gasteiger partial charge in [-0.05, 0) is 43.7 Å². The predicted octanol–water partition coefficient (Wildman–Crippen LogP) is 4.65. The molecular formula is C16H26ClNOS. The lowest BCUT2D eigenvalue weighted by Crippen LogP contribution is -2.40. The Balaban J connectivity index is 2.87. The topological polar surface area (TPSA) is 32.3 Å². The van der Waals surface area contributed by atoms with Gasteiger partial charge in [-0.25, -0.2) is 0 Å². The molecular weight excluding hydrogens is 290 g/mol. The summed E-state index contributed by atoms with van der Waals surface area (Å²) < 4.78 is 0. The van der Waals surface area contributed by atoms with Crippen molar-refractivity contribution < 1.29 is 5.11 Å². The van der Waals surface area contributed by atoms with Gasteiger partial charge in [0.05, 0.1) is 11.1 Å². The number of hydrogen-bond acceptors (Lipinski definition) is 3. The van der Waals surface area contributed by atoms with Crippen LogP contribution in [-0.2, 0) is 0 Å². The van der Waals surface area contributed by atoms with Crippen LogP contribution < -0.4 is 5.32 Å². The molecule has 2 nitrogen and oxygen atoms in total. The molecule has 1 rings (SSSR count). The molecule has 0 saturated heterocycles. The number of nitrogens with one attached hydrogen (secondary N) is 1. The Morgan fingerprint density at radius 1 is 1.35 bits per heavy atom. The second-order valence-electron chi connectivity index (χ2n) is 5.21. The van der Waals surface area contributed by atoms with Crippen molar-refractivity contribution in [3.8, 4) is 0 Å². The van der Waals surface area contributed by atoms with Gasteiger partial charge in [-0.15, -0.1) is 11.8 Å². The molecule has 20 heavy (non-hydrogen) atoms. The fourth-order valence-corrected chi connectivity index (χ4v) is 3.10. The van der Waals surface area contributed by atoms with E-state index in [1.165, 1.54) is 0 Å². The molecule has 0 bridgehead atoms. The summed E-state index contributed by atoms with van der Waals surface area (Å²) in [6, 6.07) is 6.33. The largest absolute Gasteiger partial charge is 0.387 e. The summed E-state index contributed by atoms with van der Waals surface area (Å²) in [5, 5.41) is 14.8. The molecule has 3 unspecified atom stereocenters. The van der Waals surface area contributed by atoms with E-state index in [9.17, 15) is 5.11 Å². The predicted molar refractivity (Wildman–Crippen MR) is 89.8 cm³/mol. The number of aliphatic hydroxyl groups excluding tert-OH is 1. The molecule has 0 heterocycles. The molecule has 4 heteroatoms. The van der Waals surface area contributed by atoms with Crippen molar-refractivity contribution in [1.29, 1.82) is 0 Å². The highest BCUT2D eigenvalue weighted by atomic mass is 35.5. The standard InChI is InChI=1S/C16H26ClNOS/c1-5-7-14(18-11(3)6-2)16(19)12-8-9-15(20-4)13(17)10-12/h8-11,14,16,18-19H,5-7H2,1-4H3. The van der Waals surface area contributed by atoms with Gasteiger partial charge in [-0.2, -0.15) is 0 Å². The maximum Gasteiger partial charge on any atom is 0.0943 e. The van der Waals surface area contributed by atoms with Gasteiger partial charge in [0.25, 0.3) is 0 Å². The third-order valence-corrected chi connectivity index (χ3v) is 4.83. The van der Waals surface area contributed by atoms with E-state index < -0.39 is 6.10 Å². The molecule has 0 aliphatic heterocycles. The smallest absolute Gasteiger partial charge is 0.0943 e. The first-order chi connectivity index (χ1) is 9.53. The zero-order valence-electron chi connectivity index (χ0n) is 12.8. The molecule has 0 aliphatic carbocycles. The van der Waals surface area contributed by atoms with Crippen molar-refractivity contribution >= 4 is 23.4 Å². The van der Waals surface area contributed by atoms with Crippen LogP contribution >= 0.6 is 23.4 Å². The minimum absolute atomic E-state index is 0.0751. The fraction of sp³-hybridized carbons (Fsp3) is 0.625. The molecule has 114 valence electrons. The van der Waals surface area contributed by atoms with Crippen LogP contribution in [0.4, 0.5) is 0 Å². The van der Waals surface area contributed by atoms with Crippen LogP contribution in [0.2, 0.25) is 5.02 Å². The number of halogens is 1. The van der Waals surface area contributed by atoms with E-state index in [-0.39, 0.29) is 6.04 Å².